The van der Waals surface area contributed by atoms with Crippen LogP contribution in [0.25, 0.3) is 10.2 Å². The molecular weight excluding hydrogens is 368 g/mol. The molecule has 1 aliphatic heterocycles. The van der Waals surface area contributed by atoms with E-state index in [1.165, 1.54) is 10.4 Å². The number of likely N-dealkylation sites (tertiary alicyclic amines) is 1. The van der Waals surface area contributed by atoms with E-state index >= 15 is 0 Å². The first-order valence-electron chi connectivity index (χ1n) is 9.26. The maximum absolute atomic E-state index is 12.4. The number of carbonyl (C=O) groups excluding carboxylic acids is 1. The minimum absolute atomic E-state index is 0.0108. The molecule has 3 heterocycles. The van der Waals surface area contributed by atoms with Gasteiger partial charge in [0.25, 0.3) is 5.56 Å². The molecule has 2 aliphatic rings. The summed E-state index contributed by atoms with van der Waals surface area (Å²) in [6, 6.07) is 0.119. The Morgan fingerprint density at radius 1 is 1.38 bits per heavy atom. The smallest absolute Gasteiger partial charge is 0.259 e. The lowest BCUT2D eigenvalue weighted by atomic mass is 10.1. The summed E-state index contributed by atoms with van der Waals surface area (Å²) in [5.41, 5.74) is 7.14. The predicted molar refractivity (Wildman–Crippen MR) is 107 cm³/mol. The lowest BCUT2D eigenvalue weighted by Gasteiger charge is -2.30. The largest absolute Gasteiger partial charge is 0.341 e. The van der Waals surface area contributed by atoms with Gasteiger partial charge in [0.1, 0.15) is 10.7 Å². The summed E-state index contributed by atoms with van der Waals surface area (Å²) in [4.78, 5) is 36.3. The Hall–Kier alpha value is -1.38. The first-order valence-corrected chi connectivity index (χ1v) is 11.2. The normalized spacial score (nSPS) is 19.9. The summed E-state index contributed by atoms with van der Waals surface area (Å²) >= 11 is 3.31. The van der Waals surface area contributed by atoms with Crippen LogP contribution in [0.5, 0.6) is 0 Å². The molecule has 1 atom stereocenters. The van der Waals surface area contributed by atoms with Crippen molar-refractivity contribution in [3.8, 4) is 0 Å². The maximum Gasteiger partial charge on any atom is 0.259 e. The highest BCUT2D eigenvalue weighted by atomic mass is 32.2. The lowest BCUT2D eigenvalue weighted by molar-refractivity contribution is -0.131. The minimum Gasteiger partial charge on any atom is -0.341 e. The molecule has 2 aromatic heterocycles. The van der Waals surface area contributed by atoms with Crippen molar-refractivity contribution >= 4 is 39.2 Å². The van der Waals surface area contributed by atoms with Crippen molar-refractivity contribution in [2.45, 2.75) is 50.3 Å². The van der Waals surface area contributed by atoms with Crippen molar-refractivity contribution in [2.75, 3.05) is 18.8 Å². The third-order valence-electron chi connectivity index (χ3n) is 5.13. The number of aryl methyl sites for hydroxylation is 2. The van der Waals surface area contributed by atoms with Gasteiger partial charge in [0.05, 0.1) is 11.1 Å². The van der Waals surface area contributed by atoms with E-state index in [0.717, 1.165) is 54.6 Å². The number of rotatable bonds is 5. The molecule has 0 spiro atoms. The van der Waals surface area contributed by atoms with Gasteiger partial charge < -0.3 is 15.6 Å². The number of aromatic nitrogens is 2. The van der Waals surface area contributed by atoms with Crippen LogP contribution in [0.4, 0.5) is 0 Å². The highest BCUT2D eigenvalue weighted by Gasteiger charge is 2.22. The van der Waals surface area contributed by atoms with E-state index in [-0.39, 0.29) is 17.5 Å². The number of fused-ring (bicyclic) bond motifs is 3. The van der Waals surface area contributed by atoms with Crippen LogP contribution >= 0.6 is 23.1 Å². The number of thiophene rings is 1. The highest BCUT2D eigenvalue weighted by molar-refractivity contribution is 7.98. The van der Waals surface area contributed by atoms with E-state index in [0.29, 0.717) is 24.5 Å². The molecule has 6 nitrogen and oxygen atoms in total. The van der Waals surface area contributed by atoms with E-state index in [9.17, 15) is 9.59 Å². The number of aromatic amines is 1. The predicted octanol–water partition coefficient (Wildman–Crippen LogP) is 2.05. The Labute approximate surface area is 160 Å². The number of amides is 1. The topological polar surface area (TPSA) is 92.1 Å². The molecule has 140 valence electrons. The van der Waals surface area contributed by atoms with Crippen LogP contribution in [0.3, 0.4) is 0 Å². The molecule has 0 saturated carbocycles. The van der Waals surface area contributed by atoms with Crippen LogP contribution in [0.15, 0.2) is 4.79 Å². The van der Waals surface area contributed by atoms with Crippen molar-refractivity contribution in [2.24, 2.45) is 5.73 Å². The summed E-state index contributed by atoms with van der Waals surface area (Å²) in [5.74, 6) is 2.24. The van der Waals surface area contributed by atoms with Gasteiger partial charge in [-0.05, 0) is 37.7 Å². The van der Waals surface area contributed by atoms with Gasteiger partial charge in [-0.25, -0.2) is 4.98 Å². The number of hydrogen-bond donors (Lipinski definition) is 2. The number of nitrogens with one attached hydrogen (secondary N) is 1. The Kier molecular flexibility index (Phi) is 5.33. The monoisotopic (exact) mass is 392 g/mol. The average molecular weight is 393 g/mol. The molecule has 1 aliphatic carbocycles. The quantitative estimate of drug-likeness (QED) is 0.760. The Bertz CT molecular complexity index is 876. The van der Waals surface area contributed by atoms with E-state index in [1.54, 1.807) is 23.1 Å². The molecule has 26 heavy (non-hydrogen) atoms. The second-order valence-electron chi connectivity index (χ2n) is 7.09. The molecular formula is C18H24N4O2S2. The molecule has 1 saturated heterocycles. The number of nitrogens with zero attached hydrogens (tertiary/aromatic N) is 2. The molecule has 2 aromatic rings. The standard InChI is InChI=1S/C18H24N4O2S2/c19-11-3-2-7-22(9-11)15(23)6-8-25-10-14-20-17(24)16-12-4-1-5-13(12)26-18(16)21-14/h11H,1-10,19H2,(H,20,21,24). The third kappa shape index (κ3) is 3.68. The van der Waals surface area contributed by atoms with Crippen molar-refractivity contribution in [1.82, 2.24) is 14.9 Å². The van der Waals surface area contributed by atoms with E-state index in [2.05, 4.69) is 9.97 Å². The summed E-state index contributed by atoms with van der Waals surface area (Å²) in [6.45, 7) is 1.50. The van der Waals surface area contributed by atoms with Crippen LogP contribution in [0.2, 0.25) is 0 Å². The zero-order valence-electron chi connectivity index (χ0n) is 14.8. The molecule has 1 unspecified atom stereocenters. The van der Waals surface area contributed by atoms with Crippen LogP contribution < -0.4 is 11.3 Å². The first kappa shape index (κ1) is 18.0. The molecule has 8 heteroatoms. The Morgan fingerprint density at radius 3 is 3.12 bits per heavy atom. The van der Waals surface area contributed by atoms with E-state index < -0.39 is 0 Å². The lowest BCUT2D eigenvalue weighted by Crippen LogP contribution is -2.45. The molecule has 0 aromatic carbocycles. The number of hydrogen-bond acceptors (Lipinski definition) is 6. The summed E-state index contributed by atoms with van der Waals surface area (Å²) < 4.78 is 0. The van der Waals surface area contributed by atoms with E-state index in [4.69, 9.17) is 5.73 Å². The number of carbonyl (C=O) groups is 1. The average Bonchev–Trinajstić information content (AvgIpc) is 3.19. The highest BCUT2D eigenvalue weighted by Crippen LogP contribution is 2.34. The van der Waals surface area contributed by atoms with Crippen molar-refractivity contribution in [1.29, 1.82) is 0 Å². The van der Waals surface area contributed by atoms with Crippen LogP contribution in [0, 0.1) is 0 Å². The summed E-state index contributed by atoms with van der Waals surface area (Å²) in [7, 11) is 0. The van der Waals surface area contributed by atoms with Crippen molar-refractivity contribution in [3.63, 3.8) is 0 Å². The Morgan fingerprint density at radius 2 is 2.27 bits per heavy atom. The molecule has 0 bridgehead atoms. The fourth-order valence-electron chi connectivity index (χ4n) is 3.84. The van der Waals surface area contributed by atoms with Gasteiger partial charge in [-0.2, -0.15) is 11.8 Å². The minimum atomic E-state index is -0.0108. The number of piperidine rings is 1. The van der Waals surface area contributed by atoms with Gasteiger partial charge in [0.2, 0.25) is 5.91 Å². The SMILES string of the molecule is NC1CCCN(C(=O)CCSCc2nc3sc4c(c3c(=O)[nH]2)CCC4)C1. The summed E-state index contributed by atoms with van der Waals surface area (Å²) in [6.07, 6.45) is 5.72. The van der Waals surface area contributed by atoms with Gasteiger partial charge in [-0.1, -0.05) is 0 Å². The van der Waals surface area contributed by atoms with Crippen molar-refractivity contribution < 1.29 is 4.79 Å². The van der Waals surface area contributed by atoms with Crippen LogP contribution in [-0.4, -0.2) is 45.7 Å². The van der Waals surface area contributed by atoms with Gasteiger partial charge in [-0.3, -0.25) is 9.59 Å². The number of H-pyrrole nitrogens is 1. The van der Waals surface area contributed by atoms with Gasteiger partial charge in [0, 0.05) is 36.2 Å². The zero-order chi connectivity index (χ0) is 18.1. The van der Waals surface area contributed by atoms with Crippen LogP contribution in [0.1, 0.15) is 41.9 Å². The molecule has 0 radical (unpaired) electrons. The van der Waals surface area contributed by atoms with E-state index in [1.807, 2.05) is 4.90 Å². The van der Waals surface area contributed by atoms with Gasteiger partial charge >= 0.3 is 0 Å². The van der Waals surface area contributed by atoms with Crippen molar-refractivity contribution in [3.05, 3.63) is 26.6 Å². The zero-order valence-corrected chi connectivity index (χ0v) is 16.4. The molecule has 1 amide bonds. The second-order valence-corrected chi connectivity index (χ2v) is 9.28. The summed E-state index contributed by atoms with van der Waals surface area (Å²) in [5, 5.41) is 0.799. The van der Waals surface area contributed by atoms with Crippen LogP contribution in [-0.2, 0) is 23.4 Å². The number of nitrogens with two attached hydrogens (primary N) is 1. The fourth-order valence-corrected chi connectivity index (χ4v) is 5.91. The number of thioether (sulfide) groups is 1. The molecule has 4 rings (SSSR count). The second kappa shape index (κ2) is 7.70. The first-order chi connectivity index (χ1) is 12.6. The van der Waals surface area contributed by atoms with Gasteiger partial charge in [0.15, 0.2) is 0 Å². The Balaban J connectivity index is 1.32. The molecule has 3 N–H and O–H groups in total. The third-order valence-corrected chi connectivity index (χ3v) is 7.29. The van der Waals surface area contributed by atoms with Gasteiger partial charge in [-0.15, -0.1) is 11.3 Å². The molecule has 1 fully saturated rings. The fraction of sp³-hybridized carbons (Fsp3) is 0.611. The maximum atomic E-state index is 12.4.